The van der Waals surface area contributed by atoms with Crippen molar-refractivity contribution in [2.75, 3.05) is 14.2 Å². The highest BCUT2D eigenvalue weighted by Gasteiger charge is 2.25. The Bertz CT molecular complexity index is 1190. The molecule has 1 amide bonds. The SMILES string of the molecule is COc1ccc(-c2nn(Cc3ccccc3)cc2/C=C(\C#N)C(=O)NC2CC2)cc1OC. The third-order valence-corrected chi connectivity index (χ3v) is 5.21. The number of benzene rings is 2. The van der Waals surface area contributed by atoms with Crippen molar-refractivity contribution in [2.24, 2.45) is 0 Å². The van der Waals surface area contributed by atoms with E-state index in [1.54, 1.807) is 25.0 Å². The van der Waals surface area contributed by atoms with Gasteiger partial charge in [0.2, 0.25) is 0 Å². The van der Waals surface area contributed by atoms with E-state index in [1.807, 2.05) is 60.8 Å². The highest BCUT2D eigenvalue weighted by atomic mass is 16.5. The predicted molar refractivity (Wildman–Crippen MR) is 121 cm³/mol. The second kappa shape index (κ2) is 9.40. The molecular formula is C25H24N4O3. The van der Waals surface area contributed by atoms with Gasteiger partial charge in [-0.15, -0.1) is 0 Å². The average Bonchev–Trinajstić information content (AvgIpc) is 3.55. The number of aromatic nitrogens is 2. The Balaban J connectivity index is 1.75. The molecule has 0 atom stereocenters. The first-order chi connectivity index (χ1) is 15.6. The van der Waals surface area contributed by atoms with Crippen molar-refractivity contribution in [1.82, 2.24) is 15.1 Å². The molecule has 0 unspecified atom stereocenters. The lowest BCUT2D eigenvalue weighted by atomic mass is 10.1. The normalized spacial score (nSPS) is 13.3. The van der Waals surface area contributed by atoms with Crippen LogP contribution >= 0.6 is 0 Å². The third-order valence-electron chi connectivity index (χ3n) is 5.21. The molecule has 0 saturated heterocycles. The Hall–Kier alpha value is -4.05. The number of nitrogens with one attached hydrogen (secondary N) is 1. The molecule has 1 saturated carbocycles. The van der Waals surface area contributed by atoms with Gasteiger partial charge in [-0.2, -0.15) is 10.4 Å². The van der Waals surface area contributed by atoms with Gasteiger partial charge in [0.15, 0.2) is 11.5 Å². The van der Waals surface area contributed by atoms with Gasteiger partial charge >= 0.3 is 0 Å². The van der Waals surface area contributed by atoms with E-state index in [0.29, 0.717) is 29.3 Å². The van der Waals surface area contributed by atoms with Crippen molar-refractivity contribution < 1.29 is 14.3 Å². The maximum absolute atomic E-state index is 12.5. The number of carbonyl (C=O) groups is 1. The molecule has 1 aliphatic carbocycles. The van der Waals surface area contributed by atoms with E-state index in [4.69, 9.17) is 14.6 Å². The van der Waals surface area contributed by atoms with Crippen LogP contribution in [0.25, 0.3) is 17.3 Å². The third kappa shape index (κ3) is 4.81. The molecule has 1 fully saturated rings. The van der Waals surface area contributed by atoms with E-state index in [-0.39, 0.29) is 17.5 Å². The first-order valence-corrected chi connectivity index (χ1v) is 10.4. The van der Waals surface area contributed by atoms with Crippen LogP contribution in [0.4, 0.5) is 0 Å². The number of amides is 1. The summed E-state index contributed by atoms with van der Waals surface area (Å²) in [5.74, 6) is 0.826. The number of rotatable bonds is 8. The van der Waals surface area contributed by atoms with Crippen LogP contribution in [-0.2, 0) is 11.3 Å². The first-order valence-electron chi connectivity index (χ1n) is 10.4. The fourth-order valence-corrected chi connectivity index (χ4v) is 3.40. The molecule has 3 aromatic rings. The van der Waals surface area contributed by atoms with Crippen molar-refractivity contribution in [3.63, 3.8) is 0 Å². The minimum absolute atomic E-state index is 0.0536. The van der Waals surface area contributed by atoms with Gasteiger partial charge in [0.1, 0.15) is 11.6 Å². The summed E-state index contributed by atoms with van der Waals surface area (Å²) in [4.78, 5) is 12.5. The number of nitriles is 1. The summed E-state index contributed by atoms with van der Waals surface area (Å²) >= 11 is 0. The molecule has 32 heavy (non-hydrogen) atoms. The zero-order valence-corrected chi connectivity index (χ0v) is 18.0. The topological polar surface area (TPSA) is 89.2 Å². The summed E-state index contributed by atoms with van der Waals surface area (Å²) < 4.78 is 12.6. The van der Waals surface area contributed by atoms with E-state index in [0.717, 1.165) is 24.0 Å². The Morgan fingerprint density at radius 3 is 2.59 bits per heavy atom. The van der Waals surface area contributed by atoms with Crippen LogP contribution in [0.1, 0.15) is 24.0 Å². The van der Waals surface area contributed by atoms with Crippen LogP contribution in [-0.4, -0.2) is 35.9 Å². The largest absolute Gasteiger partial charge is 0.493 e. The van der Waals surface area contributed by atoms with Crippen molar-refractivity contribution in [1.29, 1.82) is 5.26 Å². The molecule has 0 spiro atoms. The lowest BCUT2D eigenvalue weighted by Crippen LogP contribution is -2.26. The van der Waals surface area contributed by atoms with E-state index in [1.165, 1.54) is 0 Å². The highest BCUT2D eigenvalue weighted by Crippen LogP contribution is 2.34. The average molecular weight is 428 g/mol. The molecule has 4 rings (SSSR count). The van der Waals surface area contributed by atoms with Crippen LogP contribution in [0.5, 0.6) is 11.5 Å². The summed E-state index contributed by atoms with van der Waals surface area (Å²) in [5, 5.41) is 17.2. The molecule has 1 heterocycles. The number of carbonyl (C=O) groups excluding carboxylic acids is 1. The lowest BCUT2D eigenvalue weighted by molar-refractivity contribution is -0.117. The molecule has 7 heteroatoms. The molecule has 1 aromatic heterocycles. The lowest BCUT2D eigenvalue weighted by Gasteiger charge is -2.09. The van der Waals surface area contributed by atoms with E-state index < -0.39 is 0 Å². The van der Waals surface area contributed by atoms with Crippen LogP contribution in [0.3, 0.4) is 0 Å². The molecule has 1 aliphatic rings. The standard InChI is InChI=1S/C25H24N4O3/c1-31-22-11-8-18(13-23(22)32-2)24-20(12-19(14-26)25(30)27-21-9-10-21)16-29(28-24)15-17-6-4-3-5-7-17/h3-8,11-13,16,21H,9-10,15H2,1-2H3,(H,27,30)/b19-12+. The molecular weight excluding hydrogens is 404 g/mol. The Morgan fingerprint density at radius 2 is 1.94 bits per heavy atom. The number of hydrogen-bond acceptors (Lipinski definition) is 5. The van der Waals surface area contributed by atoms with Gasteiger partial charge in [-0.05, 0) is 42.7 Å². The summed E-state index contributed by atoms with van der Waals surface area (Å²) in [6.07, 6.45) is 5.35. The summed E-state index contributed by atoms with van der Waals surface area (Å²) in [6.45, 7) is 0.561. The van der Waals surface area contributed by atoms with E-state index in [2.05, 4.69) is 5.32 Å². The Morgan fingerprint density at radius 1 is 1.19 bits per heavy atom. The molecule has 162 valence electrons. The van der Waals surface area contributed by atoms with Crippen molar-refractivity contribution in [3.05, 3.63) is 71.4 Å². The zero-order chi connectivity index (χ0) is 22.5. The minimum Gasteiger partial charge on any atom is -0.493 e. The molecule has 0 radical (unpaired) electrons. The highest BCUT2D eigenvalue weighted by molar-refractivity contribution is 6.02. The van der Waals surface area contributed by atoms with Crippen LogP contribution in [0, 0.1) is 11.3 Å². The van der Waals surface area contributed by atoms with Crippen molar-refractivity contribution >= 4 is 12.0 Å². The van der Waals surface area contributed by atoms with E-state index in [9.17, 15) is 10.1 Å². The second-order valence-electron chi connectivity index (χ2n) is 7.60. The molecule has 2 aromatic carbocycles. The fraction of sp³-hybridized carbons (Fsp3) is 0.240. The molecule has 1 N–H and O–H groups in total. The molecule has 0 aliphatic heterocycles. The summed E-state index contributed by atoms with van der Waals surface area (Å²) in [7, 11) is 3.16. The van der Waals surface area contributed by atoms with Gasteiger partial charge in [-0.3, -0.25) is 9.48 Å². The summed E-state index contributed by atoms with van der Waals surface area (Å²) in [6, 6.07) is 17.7. The molecule has 0 bridgehead atoms. The summed E-state index contributed by atoms with van der Waals surface area (Å²) in [5.41, 5.74) is 3.26. The van der Waals surface area contributed by atoms with Gasteiger partial charge in [0.05, 0.1) is 26.5 Å². The maximum Gasteiger partial charge on any atom is 0.262 e. The predicted octanol–water partition coefficient (Wildman–Crippen LogP) is 3.80. The number of ether oxygens (including phenoxy) is 2. The second-order valence-corrected chi connectivity index (χ2v) is 7.60. The van der Waals surface area contributed by atoms with Crippen molar-refractivity contribution in [2.45, 2.75) is 25.4 Å². The van der Waals surface area contributed by atoms with Gasteiger partial charge in [-0.25, -0.2) is 0 Å². The van der Waals surface area contributed by atoms with Crippen LogP contribution in [0.15, 0.2) is 60.3 Å². The Kier molecular flexibility index (Phi) is 6.22. The van der Waals surface area contributed by atoms with Gasteiger partial charge in [-0.1, -0.05) is 30.3 Å². The van der Waals surface area contributed by atoms with E-state index >= 15 is 0 Å². The quantitative estimate of drug-likeness (QED) is 0.435. The monoisotopic (exact) mass is 428 g/mol. The Labute approximate surface area is 186 Å². The number of hydrogen-bond donors (Lipinski definition) is 1. The van der Waals surface area contributed by atoms with Gasteiger partial charge in [0, 0.05) is 23.4 Å². The zero-order valence-electron chi connectivity index (χ0n) is 18.0. The first kappa shape index (κ1) is 21.2. The van der Waals surface area contributed by atoms with Crippen LogP contribution < -0.4 is 14.8 Å². The fourth-order valence-electron chi connectivity index (χ4n) is 3.40. The van der Waals surface area contributed by atoms with Gasteiger partial charge < -0.3 is 14.8 Å². The smallest absolute Gasteiger partial charge is 0.262 e. The van der Waals surface area contributed by atoms with Gasteiger partial charge in [0.25, 0.3) is 5.91 Å². The number of methoxy groups -OCH3 is 2. The minimum atomic E-state index is -0.357. The molecule has 7 nitrogen and oxygen atoms in total. The number of nitrogens with zero attached hydrogens (tertiary/aromatic N) is 3. The van der Waals surface area contributed by atoms with Crippen molar-refractivity contribution in [3.8, 4) is 28.8 Å². The maximum atomic E-state index is 12.5. The van der Waals surface area contributed by atoms with Crippen LogP contribution in [0.2, 0.25) is 0 Å².